The summed E-state index contributed by atoms with van der Waals surface area (Å²) in [6.07, 6.45) is 3.89. The normalized spacial score (nSPS) is 15.3. The van der Waals surface area contributed by atoms with Gasteiger partial charge in [-0.3, -0.25) is 0 Å². The highest BCUT2D eigenvalue weighted by molar-refractivity contribution is 7.09. The second-order valence-electron chi connectivity index (χ2n) is 5.15. The van der Waals surface area contributed by atoms with Crippen LogP contribution in [0.4, 0.5) is 11.4 Å². The second kappa shape index (κ2) is 6.51. The van der Waals surface area contributed by atoms with Crippen LogP contribution in [0.1, 0.15) is 24.1 Å². The molecule has 0 aliphatic carbocycles. The summed E-state index contributed by atoms with van der Waals surface area (Å²) >= 11 is 8.21. The largest absolute Gasteiger partial charge is 0.380 e. The molecule has 0 radical (unpaired) electrons. The number of anilines is 2. The van der Waals surface area contributed by atoms with Gasteiger partial charge in [0.25, 0.3) is 0 Å². The molecule has 1 N–H and O–H groups in total. The van der Waals surface area contributed by atoms with Crippen molar-refractivity contribution in [3.05, 3.63) is 45.6 Å². The highest BCUT2D eigenvalue weighted by atomic mass is 35.5. The molecular formula is C16H19ClN2S. The Hall–Kier alpha value is -1.19. The molecule has 0 atom stereocenters. The van der Waals surface area contributed by atoms with Gasteiger partial charge in [0.15, 0.2) is 0 Å². The minimum Gasteiger partial charge on any atom is -0.380 e. The molecule has 1 fully saturated rings. The number of hydrogen-bond acceptors (Lipinski definition) is 3. The van der Waals surface area contributed by atoms with Crippen molar-refractivity contribution in [2.24, 2.45) is 0 Å². The van der Waals surface area contributed by atoms with Crippen LogP contribution in [-0.4, -0.2) is 13.1 Å². The summed E-state index contributed by atoms with van der Waals surface area (Å²) in [4.78, 5) is 3.73. The highest BCUT2D eigenvalue weighted by Crippen LogP contribution is 2.31. The lowest BCUT2D eigenvalue weighted by Gasteiger charge is -2.29. The third-order valence-corrected chi connectivity index (χ3v) is 4.87. The van der Waals surface area contributed by atoms with Gasteiger partial charge >= 0.3 is 0 Å². The van der Waals surface area contributed by atoms with Crippen molar-refractivity contribution in [2.45, 2.75) is 25.8 Å². The van der Waals surface area contributed by atoms with Gasteiger partial charge in [-0.15, -0.1) is 11.3 Å². The zero-order valence-corrected chi connectivity index (χ0v) is 13.0. The fraction of sp³-hybridized carbons (Fsp3) is 0.375. The van der Waals surface area contributed by atoms with E-state index in [0.717, 1.165) is 30.3 Å². The topological polar surface area (TPSA) is 15.3 Å². The molecule has 20 heavy (non-hydrogen) atoms. The Morgan fingerprint density at radius 1 is 1.15 bits per heavy atom. The Kier molecular flexibility index (Phi) is 4.48. The van der Waals surface area contributed by atoms with E-state index in [1.807, 2.05) is 6.07 Å². The zero-order chi connectivity index (χ0) is 13.8. The maximum absolute atomic E-state index is 6.44. The molecule has 3 rings (SSSR count). The van der Waals surface area contributed by atoms with Crippen LogP contribution in [0.5, 0.6) is 0 Å². The van der Waals surface area contributed by atoms with Crippen LogP contribution in [0.25, 0.3) is 0 Å². The van der Waals surface area contributed by atoms with Gasteiger partial charge in [-0.1, -0.05) is 17.7 Å². The Bertz CT molecular complexity index is 548. The fourth-order valence-corrected chi connectivity index (χ4v) is 3.56. The van der Waals surface area contributed by atoms with Gasteiger partial charge in [-0.2, -0.15) is 0 Å². The summed E-state index contributed by atoms with van der Waals surface area (Å²) in [6.45, 7) is 3.11. The first-order valence-corrected chi connectivity index (χ1v) is 8.39. The smallest absolute Gasteiger partial charge is 0.0660 e. The first-order valence-electron chi connectivity index (χ1n) is 7.14. The second-order valence-corrected chi connectivity index (χ2v) is 6.59. The number of piperidine rings is 1. The van der Waals surface area contributed by atoms with Crippen molar-refractivity contribution in [1.82, 2.24) is 0 Å². The van der Waals surface area contributed by atoms with E-state index in [-0.39, 0.29) is 0 Å². The summed E-state index contributed by atoms with van der Waals surface area (Å²) in [6, 6.07) is 10.5. The molecule has 106 valence electrons. The number of benzene rings is 1. The van der Waals surface area contributed by atoms with Gasteiger partial charge in [0.2, 0.25) is 0 Å². The Morgan fingerprint density at radius 2 is 2.00 bits per heavy atom. The van der Waals surface area contributed by atoms with Gasteiger partial charge < -0.3 is 10.2 Å². The number of nitrogens with one attached hydrogen (secondary N) is 1. The fourth-order valence-electron chi connectivity index (χ4n) is 2.61. The average Bonchev–Trinajstić information content (AvgIpc) is 2.99. The zero-order valence-electron chi connectivity index (χ0n) is 11.4. The van der Waals surface area contributed by atoms with Crippen molar-refractivity contribution in [3.63, 3.8) is 0 Å². The van der Waals surface area contributed by atoms with E-state index in [4.69, 9.17) is 11.6 Å². The minimum atomic E-state index is 0.850. The van der Waals surface area contributed by atoms with Crippen LogP contribution >= 0.6 is 22.9 Å². The molecule has 0 amide bonds. The molecule has 1 aromatic carbocycles. The third-order valence-electron chi connectivity index (χ3n) is 3.69. The molecule has 0 unspecified atom stereocenters. The van der Waals surface area contributed by atoms with Crippen molar-refractivity contribution in [3.8, 4) is 0 Å². The summed E-state index contributed by atoms with van der Waals surface area (Å²) in [7, 11) is 0. The van der Waals surface area contributed by atoms with Crippen molar-refractivity contribution >= 4 is 34.3 Å². The van der Waals surface area contributed by atoms with Crippen LogP contribution in [0, 0.1) is 0 Å². The summed E-state index contributed by atoms with van der Waals surface area (Å²) in [5, 5.41) is 6.38. The van der Waals surface area contributed by atoms with Crippen LogP contribution in [0.15, 0.2) is 35.7 Å². The molecule has 2 heterocycles. The first kappa shape index (κ1) is 13.8. The first-order chi connectivity index (χ1) is 9.83. The lowest BCUT2D eigenvalue weighted by atomic mass is 10.1. The monoisotopic (exact) mass is 306 g/mol. The van der Waals surface area contributed by atoms with Crippen LogP contribution < -0.4 is 10.2 Å². The predicted molar refractivity (Wildman–Crippen MR) is 89.2 cm³/mol. The van der Waals surface area contributed by atoms with E-state index in [9.17, 15) is 0 Å². The quantitative estimate of drug-likeness (QED) is 0.854. The molecule has 0 spiro atoms. The molecule has 0 bridgehead atoms. The molecule has 1 aliphatic heterocycles. The molecule has 0 saturated carbocycles. The van der Waals surface area contributed by atoms with Gasteiger partial charge in [0, 0.05) is 30.2 Å². The molecular weight excluding hydrogens is 288 g/mol. The van der Waals surface area contributed by atoms with Gasteiger partial charge in [-0.05, 0) is 48.9 Å². The number of halogens is 1. The number of rotatable bonds is 4. The molecule has 4 heteroatoms. The maximum Gasteiger partial charge on any atom is 0.0660 e. The highest BCUT2D eigenvalue weighted by Gasteiger charge is 2.13. The van der Waals surface area contributed by atoms with E-state index < -0.39 is 0 Å². The number of nitrogens with zero attached hydrogens (tertiary/aromatic N) is 1. The number of thiophene rings is 1. The van der Waals surface area contributed by atoms with Gasteiger partial charge in [0.1, 0.15) is 0 Å². The Labute approximate surface area is 129 Å². The molecule has 1 saturated heterocycles. The lowest BCUT2D eigenvalue weighted by molar-refractivity contribution is 0.578. The SMILES string of the molecule is Clc1cc(NCc2cccs2)ccc1N1CCCCC1. The summed E-state index contributed by atoms with van der Waals surface area (Å²) < 4.78 is 0. The van der Waals surface area contributed by atoms with Crippen LogP contribution in [-0.2, 0) is 6.54 Å². The standard InChI is InChI=1S/C16H19ClN2S/c17-15-11-13(18-12-14-5-4-10-20-14)6-7-16(15)19-8-2-1-3-9-19/h4-7,10-11,18H,1-3,8-9,12H2. The minimum absolute atomic E-state index is 0.850. The lowest BCUT2D eigenvalue weighted by Crippen LogP contribution is -2.29. The van der Waals surface area contributed by atoms with Crippen LogP contribution in [0.2, 0.25) is 5.02 Å². The van der Waals surface area contributed by atoms with Crippen molar-refractivity contribution in [2.75, 3.05) is 23.3 Å². The van der Waals surface area contributed by atoms with Crippen molar-refractivity contribution in [1.29, 1.82) is 0 Å². The van der Waals surface area contributed by atoms with E-state index in [1.54, 1.807) is 11.3 Å². The van der Waals surface area contributed by atoms with Crippen molar-refractivity contribution < 1.29 is 0 Å². The number of hydrogen-bond donors (Lipinski definition) is 1. The predicted octanol–water partition coefficient (Wildman–Crippen LogP) is 5.00. The molecule has 2 aromatic rings. The Morgan fingerprint density at radius 3 is 2.70 bits per heavy atom. The molecule has 2 nitrogen and oxygen atoms in total. The van der Waals surface area contributed by atoms with E-state index in [1.165, 1.54) is 29.8 Å². The maximum atomic E-state index is 6.44. The van der Waals surface area contributed by atoms with E-state index >= 15 is 0 Å². The van der Waals surface area contributed by atoms with Crippen LogP contribution in [0.3, 0.4) is 0 Å². The summed E-state index contributed by atoms with van der Waals surface area (Å²) in [5.41, 5.74) is 2.26. The molecule has 1 aromatic heterocycles. The average molecular weight is 307 g/mol. The Balaban J connectivity index is 1.67. The summed E-state index contributed by atoms with van der Waals surface area (Å²) in [5.74, 6) is 0. The third kappa shape index (κ3) is 3.28. The van der Waals surface area contributed by atoms with Gasteiger partial charge in [-0.25, -0.2) is 0 Å². The molecule has 1 aliphatic rings. The van der Waals surface area contributed by atoms with E-state index in [0.29, 0.717) is 0 Å². The van der Waals surface area contributed by atoms with Gasteiger partial charge in [0.05, 0.1) is 10.7 Å². The van der Waals surface area contributed by atoms with E-state index in [2.05, 4.69) is 39.9 Å².